The summed E-state index contributed by atoms with van der Waals surface area (Å²) in [5.41, 5.74) is 0.590. The van der Waals surface area contributed by atoms with Gasteiger partial charge in [-0.25, -0.2) is 13.6 Å². The van der Waals surface area contributed by atoms with Crippen LogP contribution in [0, 0.1) is 0 Å². The summed E-state index contributed by atoms with van der Waals surface area (Å²) in [6.45, 7) is 0. The van der Waals surface area contributed by atoms with Crippen LogP contribution in [-0.2, 0) is 15.9 Å². The van der Waals surface area contributed by atoms with Gasteiger partial charge in [0.15, 0.2) is 0 Å². The molecule has 3 N–H and O–H groups in total. The van der Waals surface area contributed by atoms with E-state index < -0.39 is 10.0 Å². The molecule has 0 unspecified atom stereocenters. The van der Waals surface area contributed by atoms with Gasteiger partial charge in [-0.3, -0.25) is 0 Å². The maximum Gasteiger partial charge on any atom is 0.320 e. The first-order valence-corrected chi connectivity index (χ1v) is 6.85. The Hall–Kier alpha value is -1.64. The van der Waals surface area contributed by atoms with Crippen LogP contribution in [0.2, 0.25) is 0 Å². The molecule has 0 saturated carbocycles. The molecule has 2 rings (SSSR count). The molecule has 0 atom stereocenters. The molecule has 18 heavy (non-hydrogen) atoms. The Labute approximate surface area is 108 Å². The van der Waals surface area contributed by atoms with Crippen molar-refractivity contribution in [3.63, 3.8) is 0 Å². The van der Waals surface area contributed by atoms with Gasteiger partial charge in [-0.1, -0.05) is 5.10 Å². The van der Waals surface area contributed by atoms with Gasteiger partial charge in [0.1, 0.15) is 5.88 Å². The number of anilines is 2. The van der Waals surface area contributed by atoms with E-state index in [2.05, 4.69) is 15.5 Å². The van der Waals surface area contributed by atoms with Crippen LogP contribution in [0.3, 0.4) is 0 Å². The number of aromatic nitrogens is 2. The van der Waals surface area contributed by atoms with Crippen molar-refractivity contribution in [1.82, 2.24) is 10.2 Å². The number of primary sulfonamides is 1. The Morgan fingerprint density at radius 2 is 1.94 bits per heavy atom. The molecular formula is C9H9ClN4O3S. The van der Waals surface area contributed by atoms with Gasteiger partial charge in [0.25, 0.3) is 0 Å². The van der Waals surface area contributed by atoms with E-state index in [0.29, 0.717) is 11.6 Å². The topological polar surface area (TPSA) is 111 Å². The van der Waals surface area contributed by atoms with E-state index in [9.17, 15) is 8.42 Å². The molecule has 0 bridgehead atoms. The average molecular weight is 289 g/mol. The zero-order chi connectivity index (χ0) is 13.2. The number of rotatable bonds is 4. The standard InChI is InChI=1S/C9H9ClN4O3S/c10-5-8-13-14-9(17-8)12-6-1-3-7(4-2-6)18(11,15)16/h1-4H,5H2,(H,12,14)(H2,11,15,16). The number of halogens is 1. The molecule has 96 valence electrons. The number of nitrogens with one attached hydrogen (secondary N) is 1. The summed E-state index contributed by atoms with van der Waals surface area (Å²) in [4.78, 5) is 0.0278. The van der Waals surface area contributed by atoms with E-state index >= 15 is 0 Å². The third-order valence-corrected chi connectivity index (χ3v) is 3.17. The van der Waals surface area contributed by atoms with Gasteiger partial charge in [-0.05, 0) is 24.3 Å². The molecule has 1 aromatic carbocycles. The molecule has 0 aliphatic rings. The SMILES string of the molecule is NS(=O)(=O)c1ccc(Nc2nnc(CCl)o2)cc1. The minimum atomic E-state index is -3.69. The van der Waals surface area contributed by atoms with E-state index in [0.717, 1.165) is 0 Å². The first-order valence-electron chi connectivity index (χ1n) is 4.77. The van der Waals surface area contributed by atoms with Crippen LogP contribution in [-0.4, -0.2) is 18.6 Å². The smallest absolute Gasteiger partial charge is 0.320 e. The van der Waals surface area contributed by atoms with Crippen LogP contribution in [0.1, 0.15) is 5.89 Å². The predicted molar refractivity (Wildman–Crippen MR) is 65.0 cm³/mol. The lowest BCUT2D eigenvalue weighted by Crippen LogP contribution is -2.11. The molecule has 0 fully saturated rings. The summed E-state index contributed by atoms with van der Waals surface area (Å²) in [6.07, 6.45) is 0. The second-order valence-corrected chi connectivity index (χ2v) is 5.16. The Kier molecular flexibility index (Phi) is 3.50. The molecule has 0 radical (unpaired) electrons. The number of nitrogens with two attached hydrogens (primary N) is 1. The summed E-state index contributed by atoms with van der Waals surface area (Å²) < 4.78 is 27.2. The van der Waals surface area contributed by atoms with Gasteiger partial charge < -0.3 is 9.73 Å². The Balaban J connectivity index is 2.15. The van der Waals surface area contributed by atoms with Crippen LogP contribution in [0.25, 0.3) is 0 Å². The maximum absolute atomic E-state index is 11.0. The molecule has 0 saturated heterocycles. The zero-order valence-electron chi connectivity index (χ0n) is 9.00. The highest BCUT2D eigenvalue weighted by Crippen LogP contribution is 2.17. The molecule has 9 heteroatoms. The largest absolute Gasteiger partial charge is 0.407 e. The van der Waals surface area contributed by atoms with Crippen molar-refractivity contribution in [3.8, 4) is 0 Å². The molecular weight excluding hydrogens is 280 g/mol. The van der Waals surface area contributed by atoms with Gasteiger partial charge >= 0.3 is 6.01 Å². The minimum absolute atomic E-state index is 0.0278. The van der Waals surface area contributed by atoms with Gasteiger partial charge in [-0.15, -0.1) is 16.7 Å². The number of hydrogen-bond donors (Lipinski definition) is 2. The van der Waals surface area contributed by atoms with Gasteiger partial charge in [0.05, 0.1) is 4.90 Å². The van der Waals surface area contributed by atoms with Crippen molar-refractivity contribution in [1.29, 1.82) is 0 Å². The van der Waals surface area contributed by atoms with Crippen molar-refractivity contribution in [3.05, 3.63) is 30.2 Å². The second-order valence-electron chi connectivity index (χ2n) is 3.33. The number of hydrogen-bond acceptors (Lipinski definition) is 6. The highest BCUT2D eigenvalue weighted by Gasteiger charge is 2.08. The van der Waals surface area contributed by atoms with Crippen molar-refractivity contribution < 1.29 is 12.8 Å². The summed E-state index contributed by atoms with van der Waals surface area (Å²) in [7, 11) is -3.69. The third-order valence-electron chi connectivity index (χ3n) is 2.02. The molecule has 0 aliphatic heterocycles. The molecule has 2 aromatic rings. The van der Waals surface area contributed by atoms with Gasteiger partial charge in [0, 0.05) is 5.69 Å². The normalized spacial score (nSPS) is 11.4. The lowest BCUT2D eigenvalue weighted by atomic mass is 10.3. The summed E-state index contributed by atoms with van der Waals surface area (Å²) in [6, 6.07) is 5.98. The lowest BCUT2D eigenvalue weighted by molar-refractivity contribution is 0.530. The van der Waals surface area contributed by atoms with Crippen molar-refractivity contribution in [2.45, 2.75) is 10.8 Å². The molecule has 0 amide bonds. The Bertz CT molecular complexity index is 638. The first-order chi connectivity index (χ1) is 8.49. The molecule has 1 heterocycles. The monoisotopic (exact) mass is 288 g/mol. The summed E-state index contributed by atoms with van der Waals surface area (Å²) in [5, 5.41) is 15.1. The van der Waals surface area contributed by atoms with E-state index in [1.54, 1.807) is 0 Å². The lowest BCUT2D eigenvalue weighted by Gasteiger charge is -2.02. The summed E-state index contributed by atoms with van der Waals surface area (Å²) in [5.74, 6) is 0.416. The quantitative estimate of drug-likeness (QED) is 0.818. The number of nitrogens with zero attached hydrogens (tertiary/aromatic N) is 2. The van der Waals surface area contributed by atoms with Crippen LogP contribution in [0.15, 0.2) is 33.6 Å². The number of alkyl halides is 1. The van der Waals surface area contributed by atoms with Gasteiger partial charge in [0.2, 0.25) is 15.9 Å². The maximum atomic E-state index is 11.0. The fourth-order valence-corrected chi connectivity index (χ4v) is 1.83. The molecule has 0 spiro atoms. The van der Waals surface area contributed by atoms with Crippen molar-refractivity contribution in [2.75, 3.05) is 5.32 Å². The van der Waals surface area contributed by atoms with Crippen LogP contribution >= 0.6 is 11.6 Å². The predicted octanol–water partition coefficient (Wildman–Crippen LogP) is 1.20. The van der Waals surface area contributed by atoms with E-state index in [1.807, 2.05) is 0 Å². The zero-order valence-corrected chi connectivity index (χ0v) is 10.6. The average Bonchev–Trinajstić information content (AvgIpc) is 2.76. The van der Waals surface area contributed by atoms with E-state index in [4.69, 9.17) is 21.2 Å². The molecule has 0 aliphatic carbocycles. The number of sulfonamides is 1. The number of benzene rings is 1. The van der Waals surface area contributed by atoms with Crippen molar-refractivity contribution >= 4 is 33.3 Å². The van der Waals surface area contributed by atoms with Gasteiger partial charge in [-0.2, -0.15) is 0 Å². The van der Waals surface area contributed by atoms with Crippen LogP contribution < -0.4 is 10.5 Å². The van der Waals surface area contributed by atoms with Crippen molar-refractivity contribution in [2.24, 2.45) is 5.14 Å². The third kappa shape index (κ3) is 2.97. The van der Waals surface area contributed by atoms with Crippen LogP contribution in [0.4, 0.5) is 11.7 Å². The van der Waals surface area contributed by atoms with Crippen LogP contribution in [0.5, 0.6) is 0 Å². The Morgan fingerprint density at radius 1 is 1.28 bits per heavy atom. The second kappa shape index (κ2) is 4.92. The van der Waals surface area contributed by atoms with E-state index in [-0.39, 0.29) is 16.8 Å². The minimum Gasteiger partial charge on any atom is -0.407 e. The first kappa shape index (κ1) is 12.8. The highest BCUT2D eigenvalue weighted by molar-refractivity contribution is 7.89. The summed E-state index contributed by atoms with van der Waals surface area (Å²) >= 11 is 5.51. The fraction of sp³-hybridized carbons (Fsp3) is 0.111. The molecule has 1 aromatic heterocycles. The van der Waals surface area contributed by atoms with E-state index in [1.165, 1.54) is 24.3 Å². The fourth-order valence-electron chi connectivity index (χ4n) is 1.21. The molecule has 7 nitrogen and oxygen atoms in total. The Morgan fingerprint density at radius 3 is 2.44 bits per heavy atom. The highest BCUT2D eigenvalue weighted by atomic mass is 35.5.